The van der Waals surface area contributed by atoms with Gasteiger partial charge < -0.3 is 14.5 Å². The highest BCUT2D eigenvalue weighted by Crippen LogP contribution is 2.27. The Balaban J connectivity index is 1.54. The summed E-state index contributed by atoms with van der Waals surface area (Å²) in [7, 11) is 0. The summed E-state index contributed by atoms with van der Waals surface area (Å²) in [6, 6.07) is 16.4. The van der Waals surface area contributed by atoms with Gasteiger partial charge in [-0.2, -0.15) is 0 Å². The Bertz CT molecular complexity index is 789. The van der Waals surface area contributed by atoms with Crippen molar-refractivity contribution in [2.24, 2.45) is 0 Å². The normalized spacial score (nSPS) is 16.0. The topological polar surface area (TPSA) is 77.1 Å². The first kappa shape index (κ1) is 18.8. The van der Waals surface area contributed by atoms with Crippen LogP contribution in [0.2, 0.25) is 0 Å². The highest BCUT2D eigenvalue weighted by Gasteiger charge is 2.29. The zero-order valence-electron chi connectivity index (χ0n) is 15.3. The second-order valence-corrected chi connectivity index (χ2v) is 6.72. The number of benzene rings is 2. The molecule has 7 nitrogen and oxygen atoms in total. The summed E-state index contributed by atoms with van der Waals surface area (Å²) in [5.74, 6) is -0.0106. The van der Waals surface area contributed by atoms with E-state index in [1.54, 1.807) is 24.0 Å². The van der Waals surface area contributed by atoms with Crippen LogP contribution in [0.4, 0.5) is 5.69 Å². The zero-order chi connectivity index (χ0) is 19.2. The fourth-order valence-electron chi connectivity index (χ4n) is 3.31. The van der Waals surface area contributed by atoms with Crippen LogP contribution in [-0.4, -0.2) is 48.0 Å². The molecule has 0 unspecified atom stereocenters. The largest absolute Gasteiger partial charge is 0.474 e. The quantitative estimate of drug-likeness (QED) is 0.614. The molecule has 1 aliphatic heterocycles. The van der Waals surface area contributed by atoms with Crippen molar-refractivity contribution in [3.05, 3.63) is 70.3 Å². The van der Waals surface area contributed by atoms with Crippen molar-refractivity contribution in [1.82, 2.24) is 4.90 Å². The summed E-state index contributed by atoms with van der Waals surface area (Å²) in [5.41, 5.74) is 1.16. The molecular formula is C20H24N3O4+. The van der Waals surface area contributed by atoms with Crippen molar-refractivity contribution in [3.8, 4) is 5.75 Å². The van der Waals surface area contributed by atoms with Crippen LogP contribution in [0.3, 0.4) is 0 Å². The number of ether oxygens (including phenoxy) is 1. The molecule has 1 atom stereocenters. The Kier molecular flexibility index (Phi) is 6.03. The van der Waals surface area contributed by atoms with Gasteiger partial charge in [0.25, 0.3) is 5.91 Å². The maximum absolute atomic E-state index is 12.7. The molecule has 3 rings (SSSR count). The predicted octanol–water partition coefficient (Wildman–Crippen LogP) is 1.29. The van der Waals surface area contributed by atoms with Crippen molar-refractivity contribution < 1.29 is 19.4 Å². The summed E-state index contributed by atoms with van der Waals surface area (Å²) in [6.45, 7) is 5.65. The monoisotopic (exact) mass is 370 g/mol. The number of carbonyl (C=O) groups excluding carboxylic acids is 1. The van der Waals surface area contributed by atoms with E-state index in [-0.39, 0.29) is 17.3 Å². The molecule has 0 radical (unpaired) electrons. The lowest BCUT2D eigenvalue weighted by Gasteiger charge is -2.33. The minimum Gasteiger partial charge on any atom is -0.474 e. The van der Waals surface area contributed by atoms with E-state index in [1.165, 1.54) is 22.6 Å². The highest BCUT2D eigenvalue weighted by molar-refractivity contribution is 5.81. The Morgan fingerprint density at radius 1 is 1.15 bits per heavy atom. The van der Waals surface area contributed by atoms with E-state index in [0.29, 0.717) is 13.1 Å². The first-order valence-corrected chi connectivity index (χ1v) is 9.11. The van der Waals surface area contributed by atoms with Gasteiger partial charge in [-0.15, -0.1) is 0 Å². The molecule has 1 fully saturated rings. The van der Waals surface area contributed by atoms with Crippen molar-refractivity contribution in [2.45, 2.75) is 19.6 Å². The van der Waals surface area contributed by atoms with Gasteiger partial charge in [-0.25, -0.2) is 0 Å². The Morgan fingerprint density at radius 2 is 1.78 bits per heavy atom. The van der Waals surface area contributed by atoms with Gasteiger partial charge in [0.05, 0.1) is 31.1 Å². The zero-order valence-corrected chi connectivity index (χ0v) is 15.3. The highest BCUT2D eigenvalue weighted by atomic mass is 16.6. The number of carbonyl (C=O) groups is 1. The molecule has 0 spiro atoms. The molecule has 1 saturated heterocycles. The van der Waals surface area contributed by atoms with Crippen molar-refractivity contribution >= 4 is 11.6 Å². The number of para-hydroxylation sites is 2. The molecule has 27 heavy (non-hydrogen) atoms. The maximum Gasteiger partial charge on any atom is 0.310 e. The molecule has 0 aliphatic carbocycles. The lowest BCUT2D eigenvalue weighted by atomic mass is 10.2. The standard InChI is InChI=1S/C20H23N3O4/c1-16(27-19-10-6-5-9-18(19)23(25)26)20(24)22-13-11-21(12-14-22)15-17-7-3-2-4-8-17/h2-10,16H,11-15H2,1H3/p+1/t16-/m1/s1. The van der Waals surface area contributed by atoms with Crippen LogP contribution in [0.15, 0.2) is 54.6 Å². The molecule has 2 aromatic carbocycles. The Hall–Kier alpha value is -2.93. The van der Waals surface area contributed by atoms with Crippen molar-refractivity contribution in [2.75, 3.05) is 26.2 Å². The number of nitrogens with zero attached hydrogens (tertiary/aromatic N) is 2. The summed E-state index contributed by atoms with van der Waals surface area (Å²) in [6.07, 6.45) is -0.762. The van der Waals surface area contributed by atoms with Gasteiger partial charge in [0, 0.05) is 11.6 Å². The molecule has 0 aromatic heterocycles. The number of nitro groups is 1. The molecular weight excluding hydrogens is 346 g/mol. The summed E-state index contributed by atoms with van der Waals surface area (Å²) < 4.78 is 5.60. The first-order chi connectivity index (χ1) is 13.0. The molecule has 2 aromatic rings. The third-order valence-corrected chi connectivity index (χ3v) is 4.79. The van der Waals surface area contributed by atoms with E-state index in [0.717, 1.165) is 19.6 Å². The minimum absolute atomic E-state index is 0.122. The van der Waals surface area contributed by atoms with Crippen LogP contribution in [0.1, 0.15) is 12.5 Å². The van der Waals surface area contributed by atoms with Gasteiger partial charge >= 0.3 is 5.69 Å². The number of quaternary nitrogens is 1. The molecule has 1 N–H and O–H groups in total. The van der Waals surface area contributed by atoms with Gasteiger partial charge in [0.1, 0.15) is 6.54 Å². The predicted molar refractivity (Wildman–Crippen MR) is 101 cm³/mol. The number of hydrogen-bond donors (Lipinski definition) is 1. The van der Waals surface area contributed by atoms with Gasteiger partial charge in [-0.05, 0) is 13.0 Å². The van der Waals surface area contributed by atoms with E-state index in [4.69, 9.17) is 4.74 Å². The van der Waals surface area contributed by atoms with Crippen LogP contribution in [0.5, 0.6) is 5.75 Å². The number of rotatable bonds is 6. The van der Waals surface area contributed by atoms with Crippen LogP contribution in [-0.2, 0) is 11.3 Å². The number of piperazine rings is 1. The van der Waals surface area contributed by atoms with E-state index in [1.807, 2.05) is 18.2 Å². The average Bonchev–Trinajstić information content (AvgIpc) is 2.69. The summed E-state index contributed by atoms with van der Waals surface area (Å²) in [4.78, 5) is 26.5. The van der Waals surface area contributed by atoms with E-state index >= 15 is 0 Å². The van der Waals surface area contributed by atoms with E-state index in [9.17, 15) is 14.9 Å². The lowest BCUT2D eigenvalue weighted by Crippen LogP contribution is -3.13. The van der Waals surface area contributed by atoms with Crippen LogP contribution in [0.25, 0.3) is 0 Å². The number of nitrogens with one attached hydrogen (secondary N) is 1. The Labute approximate surface area is 158 Å². The molecule has 142 valence electrons. The molecule has 1 aliphatic rings. The number of hydrogen-bond acceptors (Lipinski definition) is 4. The molecule has 0 bridgehead atoms. The van der Waals surface area contributed by atoms with Gasteiger partial charge in [0.2, 0.25) is 0 Å². The molecule has 1 amide bonds. The van der Waals surface area contributed by atoms with Gasteiger partial charge in [0.15, 0.2) is 11.9 Å². The first-order valence-electron chi connectivity index (χ1n) is 9.11. The second kappa shape index (κ2) is 8.64. The third-order valence-electron chi connectivity index (χ3n) is 4.79. The fourth-order valence-corrected chi connectivity index (χ4v) is 3.31. The van der Waals surface area contributed by atoms with Crippen molar-refractivity contribution in [3.63, 3.8) is 0 Å². The maximum atomic E-state index is 12.7. The second-order valence-electron chi connectivity index (χ2n) is 6.72. The van der Waals surface area contributed by atoms with Crippen LogP contribution >= 0.6 is 0 Å². The number of amides is 1. The minimum atomic E-state index is -0.762. The fraction of sp³-hybridized carbons (Fsp3) is 0.350. The molecule has 0 saturated carbocycles. The lowest BCUT2D eigenvalue weighted by molar-refractivity contribution is -0.917. The van der Waals surface area contributed by atoms with E-state index in [2.05, 4.69) is 12.1 Å². The Morgan fingerprint density at radius 3 is 2.44 bits per heavy atom. The molecule has 1 heterocycles. The summed E-state index contributed by atoms with van der Waals surface area (Å²) >= 11 is 0. The smallest absolute Gasteiger partial charge is 0.310 e. The molecule has 7 heteroatoms. The average molecular weight is 370 g/mol. The third kappa shape index (κ3) is 4.83. The van der Waals surface area contributed by atoms with E-state index < -0.39 is 11.0 Å². The summed E-state index contributed by atoms with van der Waals surface area (Å²) in [5, 5.41) is 11.1. The van der Waals surface area contributed by atoms with Crippen molar-refractivity contribution in [1.29, 1.82) is 0 Å². The van der Waals surface area contributed by atoms with Gasteiger partial charge in [-0.1, -0.05) is 42.5 Å². The van der Waals surface area contributed by atoms with Gasteiger partial charge in [-0.3, -0.25) is 14.9 Å². The number of nitro benzene ring substituents is 1. The van der Waals surface area contributed by atoms with Crippen LogP contribution in [0, 0.1) is 10.1 Å². The van der Waals surface area contributed by atoms with Crippen LogP contribution < -0.4 is 9.64 Å². The SMILES string of the molecule is C[C@@H](Oc1ccccc1[N+](=O)[O-])C(=O)N1CC[NH+](Cc2ccccc2)CC1.